The lowest BCUT2D eigenvalue weighted by molar-refractivity contribution is -0.124. The molecule has 0 radical (unpaired) electrons. The zero-order valence-corrected chi connectivity index (χ0v) is 13.5. The first-order valence-corrected chi connectivity index (χ1v) is 8.53. The van der Waals surface area contributed by atoms with Crippen LogP contribution in [0.3, 0.4) is 0 Å². The van der Waals surface area contributed by atoms with E-state index in [1.54, 1.807) is 17.4 Å². The molecule has 0 saturated carbocycles. The van der Waals surface area contributed by atoms with Gasteiger partial charge in [0, 0.05) is 31.1 Å². The number of thioether (sulfide) groups is 1. The van der Waals surface area contributed by atoms with Gasteiger partial charge in [0.05, 0.1) is 11.6 Å². The van der Waals surface area contributed by atoms with Crippen LogP contribution in [0.5, 0.6) is 0 Å². The number of nitrogens with zero attached hydrogens (tertiary/aromatic N) is 3. The molecule has 2 fully saturated rings. The van der Waals surface area contributed by atoms with Crippen LogP contribution in [0.25, 0.3) is 6.08 Å². The van der Waals surface area contributed by atoms with Crippen LogP contribution in [0, 0.1) is 0 Å². The molecule has 2 amide bonds. The van der Waals surface area contributed by atoms with Gasteiger partial charge < -0.3 is 4.90 Å². The molecule has 0 unspecified atom stereocenters. The van der Waals surface area contributed by atoms with E-state index in [1.807, 2.05) is 17.5 Å². The molecule has 0 spiro atoms. The Labute approximate surface area is 132 Å². The maximum Gasteiger partial charge on any atom is 0.294 e. The average molecular weight is 323 g/mol. The van der Waals surface area contributed by atoms with Gasteiger partial charge in [0.2, 0.25) is 0 Å². The van der Waals surface area contributed by atoms with E-state index >= 15 is 0 Å². The third-order valence-electron chi connectivity index (χ3n) is 3.63. The predicted molar refractivity (Wildman–Crippen MR) is 86.1 cm³/mol. The Kier molecular flexibility index (Phi) is 4.44. The van der Waals surface area contributed by atoms with Gasteiger partial charge in [-0.1, -0.05) is 6.07 Å². The molecule has 2 saturated heterocycles. The topological polar surface area (TPSA) is 43.9 Å². The first-order valence-electron chi connectivity index (χ1n) is 6.83. The van der Waals surface area contributed by atoms with Gasteiger partial charge in [0.25, 0.3) is 11.1 Å². The van der Waals surface area contributed by atoms with E-state index in [9.17, 15) is 9.59 Å². The van der Waals surface area contributed by atoms with Crippen LogP contribution >= 0.6 is 23.1 Å². The maximum atomic E-state index is 12.4. The van der Waals surface area contributed by atoms with Gasteiger partial charge in [0.1, 0.15) is 0 Å². The zero-order chi connectivity index (χ0) is 14.8. The summed E-state index contributed by atoms with van der Waals surface area (Å²) < 4.78 is 0. The van der Waals surface area contributed by atoms with Crippen LogP contribution in [0.1, 0.15) is 4.88 Å². The SMILES string of the molecule is CN1CCN(CN2C(=O)S/C(=C/c3cccs3)C2=O)CC1. The molecule has 1 aromatic rings. The van der Waals surface area contributed by atoms with Crippen molar-refractivity contribution in [2.24, 2.45) is 0 Å². The minimum Gasteiger partial charge on any atom is -0.304 e. The molecule has 0 aliphatic carbocycles. The molecule has 21 heavy (non-hydrogen) atoms. The fraction of sp³-hybridized carbons (Fsp3) is 0.429. The van der Waals surface area contributed by atoms with Gasteiger partial charge in [0.15, 0.2) is 0 Å². The van der Waals surface area contributed by atoms with Crippen molar-refractivity contribution in [3.63, 3.8) is 0 Å². The number of carbonyl (C=O) groups excluding carboxylic acids is 2. The van der Waals surface area contributed by atoms with Crippen molar-refractivity contribution in [3.8, 4) is 0 Å². The molecule has 0 aromatic carbocycles. The van der Waals surface area contributed by atoms with E-state index in [2.05, 4.69) is 16.8 Å². The van der Waals surface area contributed by atoms with E-state index in [0.29, 0.717) is 11.6 Å². The highest BCUT2D eigenvalue weighted by molar-refractivity contribution is 8.18. The highest BCUT2D eigenvalue weighted by atomic mass is 32.2. The fourth-order valence-corrected chi connectivity index (χ4v) is 3.87. The summed E-state index contributed by atoms with van der Waals surface area (Å²) in [5, 5.41) is 1.79. The number of piperazine rings is 1. The summed E-state index contributed by atoms with van der Waals surface area (Å²) in [6.07, 6.45) is 1.81. The minimum atomic E-state index is -0.169. The lowest BCUT2D eigenvalue weighted by atomic mass is 10.3. The minimum absolute atomic E-state index is 0.165. The lowest BCUT2D eigenvalue weighted by Gasteiger charge is -2.33. The summed E-state index contributed by atoms with van der Waals surface area (Å²) in [6.45, 7) is 4.13. The molecule has 1 aromatic heterocycles. The number of thiophene rings is 1. The van der Waals surface area contributed by atoms with E-state index < -0.39 is 0 Å². The monoisotopic (exact) mass is 323 g/mol. The average Bonchev–Trinajstić information content (AvgIpc) is 3.06. The second-order valence-corrected chi connectivity index (χ2v) is 7.16. The number of imide groups is 1. The molecular formula is C14H17N3O2S2. The van der Waals surface area contributed by atoms with Crippen molar-refractivity contribution in [1.82, 2.24) is 14.7 Å². The zero-order valence-electron chi connectivity index (χ0n) is 11.8. The Balaban J connectivity index is 1.67. The molecular weight excluding hydrogens is 306 g/mol. The van der Waals surface area contributed by atoms with Gasteiger partial charge >= 0.3 is 0 Å². The van der Waals surface area contributed by atoms with Gasteiger partial charge in [-0.3, -0.25) is 19.4 Å². The van der Waals surface area contributed by atoms with E-state index in [4.69, 9.17) is 0 Å². The summed E-state index contributed by atoms with van der Waals surface area (Å²) >= 11 is 2.60. The van der Waals surface area contributed by atoms with Gasteiger partial charge in [-0.2, -0.15) is 0 Å². The summed E-state index contributed by atoms with van der Waals surface area (Å²) in [5.74, 6) is -0.169. The van der Waals surface area contributed by atoms with E-state index in [1.165, 1.54) is 4.90 Å². The Morgan fingerprint density at radius 3 is 2.67 bits per heavy atom. The number of rotatable bonds is 3. The molecule has 0 N–H and O–H groups in total. The molecule has 3 heterocycles. The molecule has 0 bridgehead atoms. The van der Waals surface area contributed by atoms with Crippen LogP contribution in [-0.2, 0) is 4.79 Å². The largest absolute Gasteiger partial charge is 0.304 e. The Bertz CT molecular complexity index is 563. The highest BCUT2D eigenvalue weighted by Crippen LogP contribution is 2.33. The Morgan fingerprint density at radius 2 is 2.00 bits per heavy atom. The lowest BCUT2D eigenvalue weighted by Crippen LogP contribution is -2.49. The molecule has 0 atom stereocenters. The highest BCUT2D eigenvalue weighted by Gasteiger charge is 2.36. The second-order valence-electron chi connectivity index (χ2n) is 5.19. The Morgan fingerprint density at radius 1 is 1.24 bits per heavy atom. The van der Waals surface area contributed by atoms with Crippen molar-refractivity contribution in [2.45, 2.75) is 0 Å². The number of likely N-dealkylation sites (N-methyl/N-ethyl adjacent to an activating group) is 1. The van der Waals surface area contributed by atoms with Crippen molar-refractivity contribution in [2.75, 3.05) is 39.9 Å². The van der Waals surface area contributed by atoms with Crippen molar-refractivity contribution in [1.29, 1.82) is 0 Å². The third kappa shape index (κ3) is 3.37. The molecule has 2 aliphatic rings. The molecule has 5 nitrogen and oxygen atoms in total. The molecule has 3 rings (SSSR count). The third-order valence-corrected chi connectivity index (χ3v) is 5.35. The quantitative estimate of drug-likeness (QED) is 0.796. The summed E-state index contributed by atoms with van der Waals surface area (Å²) in [4.78, 5) is 31.7. The molecule has 112 valence electrons. The maximum absolute atomic E-state index is 12.4. The number of hydrogen-bond donors (Lipinski definition) is 0. The van der Waals surface area contributed by atoms with Crippen molar-refractivity contribution in [3.05, 3.63) is 27.3 Å². The Hall–Kier alpha value is -1.15. The van der Waals surface area contributed by atoms with Crippen molar-refractivity contribution < 1.29 is 9.59 Å². The van der Waals surface area contributed by atoms with Crippen LogP contribution in [0.2, 0.25) is 0 Å². The molecule has 2 aliphatic heterocycles. The van der Waals surface area contributed by atoms with Crippen LogP contribution in [-0.4, -0.2) is 65.7 Å². The van der Waals surface area contributed by atoms with Crippen molar-refractivity contribution >= 4 is 40.3 Å². The van der Waals surface area contributed by atoms with Crippen LogP contribution in [0.15, 0.2) is 22.4 Å². The van der Waals surface area contributed by atoms with Gasteiger partial charge in [-0.15, -0.1) is 11.3 Å². The first-order chi connectivity index (χ1) is 10.1. The smallest absolute Gasteiger partial charge is 0.294 e. The van der Waals surface area contributed by atoms with Gasteiger partial charge in [-0.25, -0.2) is 0 Å². The number of carbonyl (C=O) groups is 2. The van der Waals surface area contributed by atoms with Crippen LogP contribution < -0.4 is 0 Å². The predicted octanol–water partition coefficient (Wildman–Crippen LogP) is 1.99. The second kappa shape index (κ2) is 6.31. The standard InChI is InChI=1S/C14H17N3O2S2/c1-15-4-6-16(7-5-15)10-17-13(18)12(21-14(17)19)9-11-3-2-8-20-11/h2-3,8-9H,4-7,10H2,1H3/b12-9+. The first kappa shape index (κ1) is 14.8. The summed E-state index contributed by atoms with van der Waals surface area (Å²) in [7, 11) is 2.08. The number of hydrogen-bond acceptors (Lipinski definition) is 6. The molecule has 7 heteroatoms. The fourth-order valence-electron chi connectivity index (χ4n) is 2.31. The van der Waals surface area contributed by atoms with E-state index in [0.717, 1.165) is 42.8 Å². The summed E-state index contributed by atoms with van der Waals surface area (Å²) in [5.41, 5.74) is 0. The van der Waals surface area contributed by atoms with Gasteiger partial charge in [-0.05, 0) is 36.3 Å². The van der Waals surface area contributed by atoms with E-state index in [-0.39, 0.29) is 11.1 Å². The normalized spacial score (nSPS) is 23.5. The van der Waals surface area contributed by atoms with Crippen LogP contribution in [0.4, 0.5) is 4.79 Å². The number of amides is 2. The summed E-state index contributed by atoms with van der Waals surface area (Å²) in [6, 6.07) is 3.88.